The Morgan fingerprint density at radius 2 is 1.82 bits per heavy atom. The second kappa shape index (κ2) is 10.8. The third kappa shape index (κ3) is 5.85. The maximum atomic E-state index is 13.2. The first-order valence-electron chi connectivity index (χ1n) is 10.5. The molecule has 0 aliphatic carbocycles. The van der Waals surface area contributed by atoms with E-state index in [4.69, 9.17) is 28.9 Å². The van der Waals surface area contributed by atoms with Crippen LogP contribution >= 0.6 is 23.2 Å². The molecule has 3 rings (SSSR count). The summed E-state index contributed by atoms with van der Waals surface area (Å²) < 4.78 is 26.8. The molecule has 0 bridgehead atoms. The van der Waals surface area contributed by atoms with Gasteiger partial charge in [0.05, 0.1) is 15.8 Å². The molecule has 0 saturated carbocycles. The molecule has 178 valence electrons. The van der Waals surface area contributed by atoms with Gasteiger partial charge in [0.15, 0.2) is 6.17 Å². The van der Waals surface area contributed by atoms with Gasteiger partial charge in [0.1, 0.15) is 0 Å². The predicted octanol–water partition coefficient (Wildman–Crippen LogP) is 2.59. The maximum Gasteiger partial charge on any atom is 0.259 e. The van der Waals surface area contributed by atoms with E-state index in [-0.39, 0.29) is 41.0 Å². The summed E-state index contributed by atoms with van der Waals surface area (Å²) in [4.78, 5) is 27.7. The van der Waals surface area contributed by atoms with Gasteiger partial charge < -0.3 is 16.0 Å². The number of rotatable bonds is 8. The van der Waals surface area contributed by atoms with Crippen molar-refractivity contribution in [1.29, 1.82) is 0 Å². The van der Waals surface area contributed by atoms with Crippen LogP contribution in [0, 0.1) is 0 Å². The SMILES string of the molecule is CCCS(=O)(=O)N1CCN(C(=O)c2ccc(Cl)c(Cl)c2)C1C(=O)NCc1cccc(CN)c1. The Morgan fingerprint density at radius 1 is 1.09 bits per heavy atom. The van der Waals surface area contributed by atoms with Crippen LogP contribution in [0.25, 0.3) is 0 Å². The fourth-order valence-corrected chi connectivity index (χ4v) is 5.62. The van der Waals surface area contributed by atoms with Crippen LogP contribution in [-0.4, -0.2) is 54.4 Å². The minimum Gasteiger partial charge on any atom is -0.349 e. The van der Waals surface area contributed by atoms with Gasteiger partial charge in [-0.1, -0.05) is 54.4 Å². The van der Waals surface area contributed by atoms with Gasteiger partial charge in [-0.05, 0) is 35.7 Å². The number of amides is 2. The van der Waals surface area contributed by atoms with Crippen LogP contribution in [-0.2, 0) is 27.9 Å². The van der Waals surface area contributed by atoms with E-state index in [1.807, 2.05) is 24.3 Å². The van der Waals surface area contributed by atoms with Crippen LogP contribution in [0.1, 0.15) is 34.8 Å². The lowest BCUT2D eigenvalue weighted by atomic mass is 10.1. The number of benzene rings is 2. The van der Waals surface area contributed by atoms with Gasteiger partial charge in [-0.25, -0.2) is 8.42 Å². The second-order valence-electron chi connectivity index (χ2n) is 7.67. The van der Waals surface area contributed by atoms with Crippen LogP contribution in [0.4, 0.5) is 0 Å². The van der Waals surface area contributed by atoms with Gasteiger partial charge in [-0.3, -0.25) is 9.59 Å². The zero-order valence-electron chi connectivity index (χ0n) is 18.1. The minimum atomic E-state index is -3.75. The van der Waals surface area contributed by atoms with E-state index >= 15 is 0 Å². The molecule has 8 nitrogen and oxygen atoms in total. The number of nitrogens with one attached hydrogen (secondary N) is 1. The van der Waals surface area contributed by atoms with Crippen molar-refractivity contribution >= 4 is 45.0 Å². The van der Waals surface area contributed by atoms with E-state index in [0.29, 0.717) is 13.0 Å². The van der Waals surface area contributed by atoms with E-state index in [2.05, 4.69) is 5.32 Å². The molecule has 1 atom stereocenters. The number of hydrogen-bond acceptors (Lipinski definition) is 5. The molecule has 2 aromatic rings. The van der Waals surface area contributed by atoms with Crippen LogP contribution in [0.2, 0.25) is 10.0 Å². The average molecular weight is 513 g/mol. The summed E-state index contributed by atoms with van der Waals surface area (Å²) in [6.07, 6.45) is -0.916. The topological polar surface area (TPSA) is 113 Å². The molecule has 1 fully saturated rings. The van der Waals surface area contributed by atoms with Crippen molar-refractivity contribution in [2.45, 2.75) is 32.6 Å². The molecule has 1 unspecified atom stereocenters. The Bertz CT molecular complexity index is 1140. The van der Waals surface area contributed by atoms with Gasteiger partial charge in [0.25, 0.3) is 11.8 Å². The number of sulfonamides is 1. The predicted molar refractivity (Wildman–Crippen MR) is 128 cm³/mol. The number of carbonyl (C=O) groups excluding carboxylic acids is 2. The van der Waals surface area contributed by atoms with E-state index in [1.165, 1.54) is 23.1 Å². The molecule has 0 radical (unpaired) electrons. The average Bonchev–Trinajstić information content (AvgIpc) is 3.25. The molecule has 0 spiro atoms. The van der Waals surface area contributed by atoms with Crippen molar-refractivity contribution in [3.05, 3.63) is 69.2 Å². The standard InChI is InChI=1S/C22H26Cl2N4O4S/c1-2-10-33(31,32)28-9-8-27(22(30)17-6-7-18(23)19(24)12-17)21(28)20(29)26-14-16-5-3-4-15(11-16)13-25/h3-7,11-12,21H,2,8-10,13-14,25H2,1H3,(H,26,29). The van der Waals surface area contributed by atoms with Gasteiger partial charge in [-0.15, -0.1) is 0 Å². The van der Waals surface area contributed by atoms with Gasteiger partial charge in [0.2, 0.25) is 10.0 Å². The normalized spacial score (nSPS) is 16.7. The van der Waals surface area contributed by atoms with Crippen molar-refractivity contribution in [2.75, 3.05) is 18.8 Å². The molecule has 1 heterocycles. The van der Waals surface area contributed by atoms with Crippen LogP contribution in [0.3, 0.4) is 0 Å². The Labute approximate surface area is 203 Å². The number of nitrogens with two attached hydrogens (primary N) is 1. The van der Waals surface area contributed by atoms with Crippen molar-refractivity contribution in [2.24, 2.45) is 5.73 Å². The molecule has 1 aliphatic rings. The summed E-state index contributed by atoms with van der Waals surface area (Å²) in [5.41, 5.74) is 7.61. The first kappa shape index (κ1) is 25.5. The van der Waals surface area contributed by atoms with Crippen molar-refractivity contribution in [1.82, 2.24) is 14.5 Å². The third-order valence-electron chi connectivity index (χ3n) is 5.30. The summed E-state index contributed by atoms with van der Waals surface area (Å²) in [7, 11) is -3.75. The largest absolute Gasteiger partial charge is 0.349 e. The molecule has 1 saturated heterocycles. The van der Waals surface area contributed by atoms with Gasteiger partial charge in [0, 0.05) is 31.7 Å². The lowest BCUT2D eigenvalue weighted by Crippen LogP contribution is -2.54. The molecule has 33 heavy (non-hydrogen) atoms. The van der Waals surface area contributed by atoms with Crippen LogP contribution < -0.4 is 11.1 Å². The molecule has 2 amide bonds. The Kier molecular flexibility index (Phi) is 8.36. The maximum absolute atomic E-state index is 13.2. The summed E-state index contributed by atoms with van der Waals surface area (Å²) >= 11 is 12.0. The highest BCUT2D eigenvalue weighted by Crippen LogP contribution is 2.26. The van der Waals surface area contributed by atoms with Crippen molar-refractivity contribution in [3.63, 3.8) is 0 Å². The first-order valence-corrected chi connectivity index (χ1v) is 12.9. The van der Waals surface area contributed by atoms with E-state index in [0.717, 1.165) is 15.4 Å². The molecule has 1 aliphatic heterocycles. The van der Waals surface area contributed by atoms with E-state index in [1.54, 1.807) is 6.92 Å². The zero-order valence-corrected chi connectivity index (χ0v) is 20.5. The molecule has 3 N–H and O–H groups in total. The fraction of sp³-hybridized carbons (Fsp3) is 0.364. The highest BCUT2D eigenvalue weighted by Gasteiger charge is 2.45. The molecule has 0 aromatic heterocycles. The summed E-state index contributed by atoms with van der Waals surface area (Å²) in [6.45, 7) is 2.36. The van der Waals surface area contributed by atoms with E-state index in [9.17, 15) is 18.0 Å². The highest BCUT2D eigenvalue weighted by molar-refractivity contribution is 7.89. The number of hydrogen-bond donors (Lipinski definition) is 2. The van der Waals surface area contributed by atoms with E-state index < -0.39 is 28.0 Å². The quantitative estimate of drug-likeness (QED) is 0.564. The lowest BCUT2D eigenvalue weighted by molar-refractivity contribution is -0.127. The van der Waals surface area contributed by atoms with Crippen LogP contribution in [0.5, 0.6) is 0 Å². The Morgan fingerprint density at radius 3 is 2.48 bits per heavy atom. The Balaban J connectivity index is 1.87. The lowest BCUT2D eigenvalue weighted by Gasteiger charge is -2.29. The van der Waals surface area contributed by atoms with Crippen LogP contribution in [0.15, 0.2) is 42.5 Å². The molecular formula is C22H26Cl2N4O4S. The Hall–Kier alpha value is -2.17. The summed E-state index contributed by atoms with van der Waals surface area (Å²) in [6, 6.07) is 11.8. The zero-order chi connectivity index (χ0) is 24.2. The number of carbonyl (C=O) groups is 2. The number of nitrogens with zero attached hydrogens (tertiary/aromatic N) is 2. The van der Waals surface area contributed by atoms with Gasteiger partial charge in [-0.2, -0.15) is 4.31 Å². The summed E-state index contributed by atoms with van der Waals surface area (Å²) in [5, 5.41) is 3.25. The highest BCUT2D eigenvalue weighted by atomic mass is 35.5. The third-order valence-corrected chi connectivity index (χ3v) is 8.06. The molecule has 11 heteroatoms. The fourth-order valence-electron chi connectivity index (χ4n) is 3.70. The minimum absolute atomic E-state index is 0.0239. The summed E-state index contributed by atoms with van der Waals surface area (Å²) in [5.74, 6) is -1.21. The second-order valence-corrected chi connectivity index (χ2v) is 10.5. The molecule has 2 aromatic carbocycles. The first-order chi connectivity index (χ1) is 15.7. The smallest absolute Gasteiger partial charge is 0.259 e. The van der Waals surface area contributed by atoms with Crippen molar-refractivity contribution < 1.29 is 18.0 Å². The van der Waals surface area contributed by atoms with Crippen molar-refractivity contribution in [3.8, 4) is 0 Å². The molecular weight excluding hydrogens is 487 g/mol. The number of halogens is 2. The monoisotopic (exact) mass is 512 g/mol. The van der Waals surface area contributed by atoms with Gasteiger partial charge >= 0.3 is 0 Å².